The van der Waals surface area contributed by atoms with Gasteiger partial charge in [-0.15, -0.1) is 0 Å². The molecule has 0 bridgehead atoms. The van der Waals surface area contributed by atoms with Crippen LogP contribution in [0.25, 0.3) is 0 Å². The number of likely N-dealkylation sites (N-methyl/N-ethyl adjacent to an activating group) is 1. The van der Waals surface area contributed by atoms with Crippen LogP contribution in [0.5, 0.6) is 0 Å². The molecule has 0 heterocycles. The number of nitrogens with zero attached hydrogens (tertiary/aromatic N) is 3. The van der Waals surface area contributed by atoms with Crippen molar-refractivity contribution >= 4 is 15.9 Å². The summed E-state index contributed by atoms with van der Waals surface area (Å²) in [7, 11) is -0.574. The van der Waals surface area contributed by atoms with E-state index in [1.165, 1.54) is 11.4 Å². The van der Waals surface area contributed by atoms with Gasteiger partial charge in [0.05, 0.1) is 10.6 Å². The molecule has 3 rings (SSSR count). The third kappa shape index (κ3) is 5.41. The van der Waals surface area contributed by atoms with Gasteiger partial charge in [0.1, 0.15) is 5.84 Å². The van der Waals surface area contributed by atoms with E-state index < -0.39 is 10.0 Å². The first-order valence-corrected chi connectivity index (χ1v) is 11.4. The summed E-state index contributed by atoms with van der Waals surface area (Å²) in [6.45, 7) is 5.24. The van der Waals surface area contributed by atoms with Gasteiger partial charge in [-0.2, -0.15) is 0 Å². The molecule has 0 fully saturated rings. The number of rotatable bonds is 8. The number of aliphatic imine (C=N–C) groups is 1. The van der Waals surface area contributed by atoms with Crippen molar-refractivity contribution in [1.29, 1.82) is 0 Å². The van der Waals surface area contributed by atoms with E-state index in [0.717, 1.165) is 11.1 Å². The SMILES string of the molecule is C=C(/C(=N\C)N(Cc1ccccc1)Cc1ccccc1)N(C)S(=O)(=O)c1ccccc1. The summed E-state index contributed by atoms with van der Waals surface area (Å²) in [5.41, 5.74) is 2.51. The molecule has 0 saturated carbocycles. The van der Waals surface area contributed by atoms with Crippen LogP contribution < -0.4 is 0 Å². The van der Waals surface area contributed by atoms with Crippen LogP contribution >= 0.6 is 0 Å². The monoisotopic (exact) mass is 433 g/mol. The molecule has 0 aromatic heterocycles. The molecule has 3 aromatic carbocycles. The predicted octanol–water partition coefficient (Wildman–Crippen LogP) is 4.55. The molecule has 31 heavy (non-hydrogen) atoms. The van der Waals surface area contributed by atoms with Gasteiger partial charge in [0.25, 0.3) is 10.0 Å². The molecular weight excluding hydrogens is 406 g/mol. The Hall–Kier alpha value is -3.38. The zero-order valence-corrected chi connectivity index (χ0v) is 18.7. The lowest BCUT2D eigenvalue weighted by molar-refractivity contribution is 0.398. The molecule has 0 atom stereocenters. The highest BCUT2D eigenvalue weighted by molar-refractivity contribution is 7.89. The number of sulfonamides is 1. The molecule has 0 aliphatic heterocycles. The average molecular weight is 434 g/mol. The fourth-order valence-electron chi connectivity index (χ4n) is 3.30. The van der Waals surface area contributed by atoms with Gasteiger partial charge in [-0.3, -0.25) is 9.30 Å². The third-order valence-electron chi connectivity index (χ3n) is 4.98. The summed E-state index contributed by atoms with van der Waals surface area (Å²) in [5, 5.41) is 0. The predicted molar refractivity (Wildman–Crippen MR) is 126 cm³/mol. The van der Waals surface area contributed by atoms with E-state index in [1.807, 2.05) is 65.6 Å². The summed E-state index contributed by atoms with van der Waals surface area (Å²) < 4.78 is 27.5. The lowest BCUT2D eigenvalue weighted by Crippen LogP contribution is -2.38. The van der Waals surface area contributed by atoms with Gasteiger partial charge in [0.2, 0.25) is 0 Å². The summed E-state index contributed by atoms with van der Waals surface area (Å²) in [4.78, 5) is 6.71. The van der Waals surface area contributed by atoms with Gasteiger partial charge in [-0.05, 0) is 23.3 Å². The molecular formula is C25H27N3O2S. The summed E-state index contributed by atoms with van der Waals surface area (Å²) in [6.07, 6.45) is 0. The first-order valence-electron chi connectivity index (χ1n) is 9.96. The lowest BCUT2D eigenvalue weighted by atomic mass is 10.1. The summed E-state index contributed by atoms with van der Waals surface area (Å²) in [6, 6.07) is 28.4. The van der Waals surface area contributed by atoms with E-state index in [-0.39, 0.29) is 4.90 Å². The van der Waals surface area contributed by atoms with Crippen LogP contribution in [-0.4, -0.2) is 37.6 Å². The molecule has 0 unspecified atom stereocenters. The average Bonchev–Trinajstić information content (AvgIpc) is 2.80. The minimum atomic E-state index is -3.75. The highest BCUT2D eigenvalue weighted by Gasteiger charge is 2.26. The van der Waals surface area contributed by atoms with Crippen LogP contribution in [0.15, 0.2) is 113 Å². The quantitative estimate of drug-likeness (QED) is 0.387. The first kappa shape index (κ1) is 22.3. The van der Waals surface area contributed by atoms with E-state index in [9.17, 15) is 8.42 Å². The van der Waals surface area contributed by atoms with Gasteiger partial charge in [0, 0.05) is 27.2 Å². The maximum absolute atomic E-state index is 13.1. The molecule has 6 heteroatoms. The molecule has 160 valence electrons. The highest BCUT2D eigenvalue weighted by atomic mass is 32.2. The maximum Gasteiger partial charge on any atom is 0.264 e. The van der Waals surface area contributed by atoms with Crippen LogP contribution in [0.1, 0.15) is 11.1 Å². The number of benzene rings is 3. The smallest absolute Gasteiger partial charge is 0.264 e. The van der Waals surface area contributed by atoms with Gasteiger partial charge in [-0.25, -0.2) is 8.42 Å². The van der Waals surface area contributed by atoms with Gasteiger partial charge >= 0.3 is 0 Å². The molecule has 3 aromatic rings. The standard InChI is InChI=1S/C25H27N3O2S/c1-21(27(3)31(29,30)24-17-11-6-12-18-24)25(26-2)28(19-22-13-7-4-8-14-22)20-23-15-9-5-10-16-23/h4-18H,1,19-20H2,2-3H3/b26-25+. The minimum absolute atomic E-state index is 0.215. The highest BCUT2D eigenvalue weighted by Crippen LogP contribution is 2.21. The van der Waals surface area contributed by atoms with Crippen LogP contribution in [0, 0.1) is 0 Å². The molecule has 0 aliphatic rings. The number of hydrogen-bond acceptors (Lipinski definition) is 3. The first-order chi connectivity index (χ1) is 14.9. The van der Waals surface area contributed by atoms with E-state index >= 15 is 0 Å². The Balaban J connectivity index is 1.92. The topological polar surface area (TPSA) is 53.0 Å². The second-order valence-electron chi connectivity index (χ2n) is 7.11. The fraction of sp³-hybridized carbons (Fsp3) is 0.160. The van der Waals surface area contributed by atoms with Crippen molar-refractivity contribution in [2.75, 3.05) is 14.1 Å². The van der Waals surface area contributed by atoms with Gasteiger partial charge in [0.15, 0.2) is 0 Å². The second kappa shape index (κ2) is 10.1. The van der Waals surface area contributed by atoms with E-state index in [1.54, 1.807) is 37.4 Å². The van der Waals surface area contributed by atoms with Crippen molar-refractivity contribution in [2.24, 2.45) is 4.99 Å². The van der Waals surface area contributed by atoms with Gasteiger partial charge < -0.3 is 4.90 Å². The molecule has 0 aliphatic carbocycles. The Morgan fingerprint density at radius 3 is 1.65 bits per heavy atom. The Bertz CT molecular complexity index is 1090. The van der Waals surface area contributed by atoms with E-state index in [4.69, 9.17) is 0 Å². The van der Waals surface area contributed by atoms with Crippen LogP contribution in [-0.2, 0) is 23.1 Å². The molecule has 0 spiro atoms. The molecule has 0 N–H and O–H groups in total. The molecule has 0 saturated heterocycles. The minimum Gasteiger partial charge on any atom is -0.347 e. The Morgan fingerprint density at radius 2 is 1.23 bits per heavy atom. The lowest BCUT2D eigenvalue weighted by Gasteiger charge is -2.31. The van der Waals surface area contributed by atoms with Crippen molar-refractivity contribution in [1.82, 2.24) is 9.21 Å². The molecule has 0 amide bonds. The fourth-order valence-corrected chi connectivity index (χ4v) is 4.49. The number of hydrogen-bond donors (Lipinski definition) is 0. The maximum atomic E-state index is 13.1. The summed E-state index contributed by atoms with van der Waals surface area (Å²) in [5.74, 6) is 0.523. The Labute approximate surface area is 185 Å². The van der Waals surface area contributed by atoms with Crippen molar-refractivity contribution in [3.8, 4) is 0 Å². The van der Waals surface area contributed by atoms with E-state index in [2.05, 4.69) is 11.6 Å². The van der Waals surface area contributed by atoms with Crippen molar-refractivity contribution in [2.45, 2.75) is 18.0 Å². The summed E-state index contributed by atoms with van der Waals surface area (Å²) >= 11 is 0. The van der Waals surface area contributed by atoms with E-state index in [0.29, 0.717) is 24.6 Å². The Morgan fingerprint density at radius 1 is 0.806 bits per heavy atom. The molecule has 5 nitrogen and oxygen atoms in total. The van der Waals surface area contributed by atoms with Crippen LogP contribution in [0.2, 0.25) is 0 Å². The Kier molecular flexibility index (Phi) is 7.26. The zero-order chi connectivity index (χ0) is 22.3. The second-order valence-corrected chi connectivity index (χ2v) is 9.08. The largest absolute Gasteiger partial charge is 0.347 e. The van der Waals surface area contributed by atoms with Crippen molar-refractivity contribution < 1.29 is 8.42 Å². The van der Waals surface area contributed by atoms with Crippen LogP contribution in [0.4, 0.5) is 0 Å². The number of amidine groups is 1. The zero-order valence-electron chi connectivity index (χ0n) is 17.8. The van der Waals surface area contributed by atoms with Crippen LogP contribution in [0.3, 0.4) is 0 Å². The van der Waals surface area contributed by atoms with Crippen molar-refractivity contribution in [3.63, 3.8) is 0 Å². The van der Waals surface area contributed by atoms with Gasteiger partial charge in [-0.1, -0.05) is 85.4 Å². The molecule has 0 radical (unpaired) electrons. The van der Waals surface area contributed by atoms with Crippen molar-refractivity contribution in [3.05, 3.63) is 114 Å². The third-order valence-corrected chi connectivity index (χ3v) is 6.79. The normalized spacial score (nSPS) is 11.7.